The minimum absolute atomic E-state index is 0.120. The van der Waals surface area contributed by atoms with Gasteiger partial charge in [0, 0.05) is 35.9 Å². The first-order valence-corrected chi connectivity index (χ1v) is 11.9. The Kier molecular flexibility index (Phi) is 8.78. The molecule has 1 heterocycles. The Balaban J connectivity index is 1.24. The zero-order valence-corrected chi connectivity index (χ0v) is 20.4. The van der Waals surface area contributed by atoms with Crippen LogP contribution >= 0.6 is 0 Å². The highest BCUT2D eigenvalue weighted by Crippen LogP contribution is 2.22. The van der Waals surface area contributed by atoms with Crippen LogP contribution in [0, 0.1) is 17.5 Å². The molecular weight excluding hydrogens is 513 g/mol. The Morgan fingerprint density at radius 2 is 1.59 bits per heavy atom. The predicted molar refractivity (Wildman–Crippen MR) is 136 cm³/mol. The molecule has 0 saturated carbocycles. The normalized spacial score (nSPS) is 11.5. The van der Waals surface area contributed by atoms with Crippen molar-refractivity contribution in [3.63, 3.8) is 0 Å². The fraction of sp³-hybridized carbons (Fsp3) is 0.138. The van der Waals surface area contributed by atoms with E-state index >= 15 is 0 Å². The van der Waals surface area contributed by atoms with Gasteiger partial charge >= 0.3 is 5.97 Å². The molecule has 10 heteroatoms. The van der Waals surface area contributed by atoms with E-state index in [1.165, 1.54) is 0 Å². The highest BCUT2D eigenvalue weighted by molar-refractivity contribution is 5.94. The SMILES string of the molecule is O=C(NCCOc1ccc(CC(Oc2cc(F)c(F)c(F)c2)C(=O)O)cc1)c1ccc(-c2ccccn2)cc1. The van der Waals surface area contributed by atoms with Crippen LogP contribution in [0.15, 0.2) is 85.1 Å². The third-order valence-electron chi connectivity index (χ3n) is 5.62. The maximum atomic E-state index is 13.4. The molecule has 1 unspecified atom stereocenters. The molecule has 0 fully saturated rings. The number of carbonyl (C=O) groups excluding carboxylic acids is 1. The molecule has 0 bridgehead atoms. The van der Waals surface area contributed by atoms with Crippen LogP contribution in [-0.2, 0) is 11.2 Å². The number of halogens is 3. The zero-order chi connectivity index (χ0) is 27.8. The van der Waals surface area contributed by atoms with Crippen LogP contribution in [0.5, 0.6) is 11.5 Å². The van der Waals surface area contributed by atoms with Crippen LogP contribution < -0.4 is 14.8 Å². The Morgan fingerprint density at radius 3 is 2.21 bits per heavy atom. The second-order valence-corrected chi connectivity index (χ2v) is 8.39. The summed E-state index contributed by atoms with van der Waals surface area (Å²) in [4.78, 5) is 28.2. The Hall–Kier alpha value is -4.86. The topological polar surface area (TPSA) is 97.8 Å². The fourth-order valence-corrected chi connectivity index (χ4v) is 3.64. The van der Waals surface area contributed by atoms with Gasteiger partial charge in [-0.15, -0.1) is 0 Å². The second-order valence-electron chi connectivity index (χ2n) is 8.39. The van der Waals surface area contributed by atoms with E-state index in [4.69, 9.17) is 9.47 Å². The molecule has 0 spiro atoms. The molecule has 4 rings (SSSR count). The highest BCUT2D eigenvalue weighted by atomic mass is 19.2. The predicted octanol–water partition coefficient (Wildman–Crippen LogP) is 5.05. The maximum absolute atomic E-state index is 13.4. The van der Waals surface area contributed by atoms with E-state index in [9.17, 15) is 27.9 Å². The number of rotatable bonds is 11. The summed E-state index contributed by atoms with van der Waals surface area (Å²) < 4.78 is 50.7. The summed E-state index contributed by atoms with van der Waals surface area (Å²) in [6.45, 7) is 0.446. The van der Waals surface area contributed by atoms with Gasteiger partial charge in [-0.3, -0.25) is 9.78 Å². The summed E-state index contributed by atoms with van der Waals surface area (Å²) >= 11 is 0. The lowest BCUT2D eigenvalue weighted by atomic mass is 10.1. The minimum Gasteiger partial charge on any atom is -0.492 e. The summed E-state index contributed by atoms with van der Waals surface area (Å²) in [5, 5.41) is 12.2. The molecule has 4 aromatic rings. The van der Waals surface area contributed by atoms with Gasteiger partial charge in [0.1, 0.15) is 18.1 Å². The van der Waals surface area contributed by atoms with E-state index in [-0.39, 0.29) is 25.5 Å². The lowest BCUT2D eigenvalue weighted by Gasteiger charge is -2.16. The number of ether oxygens (including phenoxy) is 2. The molecule has 0 saturated heterocycles. The van der Waals surface area contributed by atoms with Crippen LogP contribution in [-0.4, -0.2) is 41.2 Å². The number of aliphatic carboxylic acids is 1. The molecular formula is C29H23F3N2O5. The first kappa shape index (κ1) is 27.2. The van der Waals surface area contributed by atoms with Crippen molar-refractivity contribution in [3.8, 4) is 22.8 Å². The Morgan fingerprint density at radius 1 is 0.897 bits per heavy atom. The molecule has 1 aromatic heterocycles. The highest BCUT2D eigenvalue weighted by Gasteiger charge is 2.22. The number of nitrogens with zero attached hydrogens (tertiary/aromatic N) is 1. The lowest BCUT2D eigenvalue weighted by Crippen LogP contribution is -2.29. The monoisotopic (exact) mass is 536 g/mol. The molecule has 200 valence electrons. The van der Waals surface area contributed by atoms with Gasteiger partial charge in [0.15, 0.2) is 23.6 Å². The van der Waals surface area contributed by atoms with Crippen LogP contribution in [0.3, 0.4) is 0 Å². The second kappa shape index (κ2) is 12.6. The number of nitrogens with one attached hydrogen (secondary N) is 1. The smallest absolute Gasteiger partial charge is 0.345 e. The van der Waals surface area contributed by atoms with Crippen LogP contribution in [0.1, 0.15) is 15.9 Å². The van der Waals surface area contributed by atoms with Gasteiger partial charge in [-0.2, -0.15) is 0 Å². The molecule has 1 amide bonds. The zero-order valence-electron chi connectivity index (χ0n) is 20.4. The summed E-state index contributed by atoms with van der Waals surface area (Å²) in [6.07, 6.45) is 0.118. The molecule has 0 aliphatic carbocycles. The van der Waals surface area contributed by atoms with Crippen LogP contribution in [0.2, 0.25) is 0 Å². The number of carbonyl (C=O) groups is 2. The van der Waals surface area contributed by atoms with E-state index in [2.05, 4.69) is 10.3 Å². The van der Waals surface area contributed by atoms with E-state index in [1.54, 1.807) is 42.6 Å². The number of benzene rings is 3. The van der Waals surface area contributed by atoms with Gasteiger partial charge in [-0.05, 0) is 42.0 Å². The fourth-order valence-electron chi connectivity index (χ4n) is 3.64. The number of aromatic nitrogens is 1. The van der Waals surface area contributed by atoms with Crippen molar-refractivity contribution in [1.82, 2.24) is 10.3 Å². The summed E-state index contributed by atoms with van der Waals surface area (Å²) in [6, 6.07) is 20.3. The molecule has 3 aromatic carbocycles. The van der Waals surface area contributed by atoms with Crippen molar-refractivity contribution >= 4 is 11.9 Å². The van der Waals surface area contributed by atoms with Gasteiger partial charge < -0.3 is 19.9 Å². The van der Waals surface area contributed by atoms with Crippen molar-refractivity contribution in [1.29, 1.82) is 0 Å². The van der Waals surface area contributed by atoms with Gasteiger partial charge in [0.25, 0.3) is 5.91 Å². The first-order valence-electron chi connectivity index (χ1n) is 11.9. The van der Waals surface area contributed by atoms with E-state index < -0.39 is 35.3 Å². The van der Waals surface area contributed by atoms with Crippen molar-refractivity contribution < 1.29 is 37.3 Å². The summed E-state index contributed by atoms with van der Waals surface area (Å²) in [5.74, 6) is -6.19. The summed E-state index contributed by atoms with van der Waals surface area (Å²) in [5.41, 5.74) is 2.77. The van der Waals surface area contributed by atoms with E-state index in [0.717, 1.165) is 11.3 Å². The minimum atomic E-state index is -1.67. The molecule has 39 heavy (non-hydrogen) atoms. The largest absolute Gasteiger partial charge is 0.492 e. The van der Waals surface area contributed by atoms with Crippen LogP contribution in [0.4, 0.5) is 13.2 Å². The van der Waals surface area contributed by atoms with Gasteiger partial charge in [-0.25, -0.2) is 18.0 Å². The van der Waals surface area contributed by atoms with Gasteiger partial charge in [0.2, 0.25) is 0 Å². The molecule has 0 aliphatic rings. The lowest BCUT2D eigenvalue weighted by molar-refractivity contribution is -0.145. The standard InChI is InChI=1S/C29H23F3N2O5/c30-23-16-22(17-24(31)27(23)32)39-26(29(36)37)15-18-4-10-21(11-5-18)38-14-13-34-28(35)20-8-6-19(7-9-20)25-3-1-2-12-33-25/h1-12,16-17,26H,13-15H2,(H,34,35)(H,36,37). The third kappa shape index (κ3) is 7.35. The Labute approximate surface area is 221 Å². The molecule has 0 radical (unpaired) electrons. The van der Waals surface area contributed by atoms with Crippen molar-refractivity contribution in [2.45, 2.75) is 12.5 Å². The first-order chi connectivity index (χ1) is 18.8. The maximum Gasteiger partial charge on any atom is 0.345 e. The number of hydrogen-bond donors (Lipinski definition) is 2. The number of amides is 1. The Bertz CT molecular complexity index is 1410. The van der Waals surface area contributed by atoms with E-state index in [0.29, 0.717) is 29.0 Å². The quantitative estimate of drug-likeness (QED) is 0.206. The van der Waals surface area contributed by atoms with Crippen molar-refractivity contribution in [2.75, 3.05) is 13.2 Å². The van der Waals surface area contributed by atoms with Crippen LogP contribution in [0.25, 0.3) is 11.3 Å². The van der Waals surface area contributed by atoms with Gasteiger partial charge in [-0.1, -0.05) is 30.3 Å². The number of carboxylic acids is 1. The average molecular weight is 537 g/mol. The molecule has 7 nitrogen and oxygen atoms in total. The number of carboxylic acid groups (broad SMARTS) is 1. The molecule has 1 atom stereocenters. The molecule has 2 N–H and O–H groups in total. The number of hydrogen-bond acceptors (Lipinski definition) is 5. The average Bonchev–Trinajstić information content (AvgIpc) is 2.95. The van der Waals surface area contributed by atoms with Crippen molar-refractivity contribution in [2.24, 2.45) is 0 Å². The third-order valence-corrected chi connectivity index (χ3v) is 5.62. The molecule has 0 aliphatic heterocycles. The van der Waals surface area contributed by atoms with E-state index in [1.807, 2.05) is 30.3 Å². The summed E-state index contributed by atoms with van der Waals surface area (Å²) in [7, 11) is 0. The van der Waals surface area contributed by atoms with Crippen molar-refractivity contribution in [3.05, 3.63) is 114 Å². The van der Waals surface area contributed by atoms with Gasteiger partial charge in [0.05, 0.1) is 12.2 Å². The number of pyridine rings is 1.